The summed E-state index contributed by atoms with van der Waals surface area (Å²) < 4.78 is 5.98. The highest BCUT2D eigenvalue weighted by Crippen LogP contribution is 2.45. The molecule has 1 fully saturated rings. The van der Waals surface area contributed by atoms with Gasteiger partial charge < -0.3 is 10.1 Å². The molecule has 1 aromatic heterocycles. The molecule has 0 saturated heterocycles. The normalized spacial score (nSPS) is 24.6. The van der Waals surface area contributed by atoms with Gasteiger partial charge in [0.05, 0.1) is 15.5 Å². The van der Waals surface area contributed by atoms with Gasteiger partial charge in [0.25, 0.3) is 0 Å². The van der Waals surface area contributed by atoms with E-state index in [0.717, 1.165) is 6.42 Å². The van der Waals surface area contributed by atoms with Crippen molar-refractivity contribution >= 4 is 27.3 Å². The third kappa shape index (κ3) is 2.44. The van der Waals surface area contributed by atoms with Gasteiger partial charge in [-0.2, -0.15) is 0 Å². The lowest BCUT2D eigenvalue weighted by Gasteiger charge is -2.51. The van der Waals surface area contributed by atoms with Crippen LogP contribution in [0.2, 0.25) is 0 Å². The van der Waals surface area contributed by atoms with Crippen LogP contribution in [0.5, 0.6) is 0 Å². The summed E-state index contributed by atoms with van der Waals surface area (Å²) in [6.07, 6.45) is 3.81. The molecule has 7 heteroatoms. The second kappa shape index (κ2) is 5.05. The molecule has 1 aromatic rings. The van der Waals surface area contributed by atoms with E-state index in [9.17, 15) is 10.1 Å². The fourth-order valence-electron chi connectivity index (χ4n) is 2.41. The quantitative estimate of drug-likeness (QED) is 0.678. The molecule has 0 aromatic carbocycles. The fourth-order valence-corrected chi connectivity index (χ4v) is 2.85. The van der Waals surface area contributed by atoms with Gasteiger partial charge in [-0.05, 0) is 22.4 Å². The Balaban J connectivity index is 2.24. The predicted molar refractivity (Wildman–Crippen MR) is 75.2 cm³/mol. The molecule has 0 aliphatic heterocycles. The Morgan fingerprint density at radius 2 is 2.26 bits per heavy atom. The minimum atomic E-state index is -0.431. The smallest absolute Gasteiger partial charge is 0.311 e. The molecule has 1 aliphatic carbocycles. The summed E-state index contributed by atoms with van der Waals surface area (Å²) in [5.41, 5.74) is 0.393. The van der Waals surface area contributed by atoms with Gasteiger partial charge in [0, 0.05) is 24.8 Å². The number of hydrogen-bond acceptors (Lipinski definition) is 5. The number of hydrogen-bond donors (Lipinski definition) is 1. The lowest BCUT2D eigenvalue weighted by molar-refractivity contribution is -0.384. The van der Waals surface area contributed by atoms with Crippen molar-refractivity contribution in [2.24, 2.45) is 5.41 Å². The molecule has 0 amide bonds. The first-order valence-electron chi connectivity index (χ1n) is 5.95. The molecule has 1 aliphatic rings. The molecule has 19 heavy (non-hydrogen) atoms. The summed E-state index contributed by atoms with van der Waals surface area (Å²) in [5, 5.41) is 14.3. The Morgan fingerprint density at radius 3 is 2.79 bits per heavy atom. The van der Waals surface area contributed by atoms with Crippen LogP contribution < -0.4 is 5.32 Å². The van der Waals surface area contributed by atoms with Crippen molar-refractivity contribution in [3.8, 4) is 0 Å². The lowest BCUT2D eigenvalue weighted by Crippen LogP contribution is -2.57. The number of nitrogens with zero attached hydrogens (tertiary/aromatic N) is 2. The van der Waals surface area contributed by atoms with Crippen LogP contribution in [0.15, 0.2) is 16.9 Å². The molecule has 2 unspecified atom stereocenters. The second-order valence-electron chi connectivity index (χ2n) is 5.25. The number of methoxy groups -OCH3 is 1. The number of rotatable bonds is 4. The van der Waals surface area contributed by atoms with Crippen molar-refractivity contribution in [3.63, 3.8) is 0 Å². The molecular formula is C12H16BrN3O3. The van der Waals surface area contributed by atoms with Crippen LogP contribution in [0, 0.1) is 15.5 Å². The van der Waals surface area contributed by atoms with Crippen molar-refractivity contribution in [2.75, 3.05) is 12.4 Å². The van der Waals surface area contributed by atoms with Gasteiger partial charge in [0.2, 0.25) is 0 Å². The van der Waals surface area contributed by atoms with E-state index in [1.165, 1.54) is 6.20 Å². The summed E-state index contributed by atoms with van der Waals surface area (Å²) >= 11 is 3.31. The Morgan fingerprint density at radius 1 is 1.58 bits per heavy atom. The first-order valence-corrected chi connectivity index (χ1v) is 6.74. The van der Waals surface area contributed by atoms with Crippen molar-refractivity contribution in [1.29, 1.82) is 0 Å². The first-order chi connectivity index (χ1) is 8.87. The van der Waals surface area contributed by atoms with Crippen LogP contribution in [-0.4, -0.2) is 29.2 Å². The largest absolute Gasteiger partial charge is 0.381 e. The van der Waals surface area contributed by atoms with E-state index in [1.54, 1.807) is 13.3 Å². The van der Waals surface area contributed by atoms with E-state index >= 15 is 0 Å². The van der Waals surface area contributed by atoms with Gasteiger partial charge >= 0.3 is 5.69 Å². The average Bonchev–Trinajstić information content (AvgIpc) is 2.34. The Kier molecular flexibility index (Phi) is 3.78. The Bertz CT molecular complexity index is 507. The lowest BCUT2D eigenvalue weighted by atomic mass is 9.64. The van der Waals surface area contributed by atoms with E-state index in [2.05, 4.69) is 40.1 Å². The number of aromatic nitrogens is 1. The molecule has 0 radical (unpaired) electrons. The van der Waals surface area contributed by atoms with Crippen molar-refractivity contribution < 1.29 is 9.66 Å². The number of nitro groups is 1. The highest BCUT2D eigenvalue weighted by atomic mass is 79.9. The molecule has 0 spiro atoms. The zero-order chi connectivity index (χ0) is 14.2. The van der Waals surface area contributed by atoms with E-state index < -0.39 is 4.92 Å². The van der Waals surface area contributed by atoms with Gasteiger partial charge in [-0.15, -0.1) is 0 Å². The van der Waals surface area contributed by atoms with E-state index in [0.29, 0.717) is 10.2 Å². The van der Waals surface area contributed by atoms with Gasteiger partial charge in [-0.25, -0.2) is 0 Å². The molecule has 0 bridgehead atoms. The van der Waals surface area contributed by atoms with Crippen LogP contribution in [0.1, 0.15) is 20.3 Å². The molecule has 104 valence electrons. The average molecular weight is 330 g/mol. The van der Waals surface area contributed by atoms with Crippen LogP contribution >= 0.6 is 15.9 Å². The molecule has 1 N–H and O–H groups in total. The number of pyridine rings is 1. The molecule has 2 atom stereocenters. The summed E-state index contributed by atoms with van der Waals surface area (Å²) in [6.45, 7) is 4.17. The zero-order valence-electron chi connectivity index (χ0n) is 11.0. The SMILES string of the molecule is COC1CC(Nc2c(Br)cncc2[N+](=O)[O-])C1(C)C. The maximum atomic E-state index is 11.0. The minimum absolute atomic E-state index is 0.0222. The Hall–Kier alpha value is -1.21. The second-order valence-corrected chi connectivity index (χ2v) is 6.11. The van der Waals surface area contributed by atoms with Gasteiger partial charge in [-0.1, -0.05) is 13.8 Å². The van der Waals surface area contributed by atoms with Crippen LogP contribution in [0.3, 0.4) is 0 Å². The number of anilines is 1. The van der Waals surface area contributed by atoms with Gasteiger partial charge in [0.15, 0.2) is 0 Å². The van der Waals surface area contributed by atoms with Gasteiger partial charge in [0.1, 0.15) is 11.9 Å². The van der Waals surface area contributed by atoms with Crippen molar-refractivity contribution in [3.05, 3.63) is 27.0 Å². The molecular weight excluding hydrogens is 314 g/mol. The summed E-state index contributed by atoms with van der Waals surface area (Å²) in [5.74, 6) is 0. The standard InChI is InChI=1S/C12H16BrN3O3/c1-12(2)9(4-10(12)19-3)15-11-7(13)5-14-6-8(11)16(17)18/h5-6,9-10H,4H2,1-3H3,(H,14,15). The Labute approximate surface area is 119 Å². The topological polar surface area (TPSA) is 77.3 Å². The number of halogens is 1. The van der Waals surface area contributed by atoms with E-state index in [4.69, 9.17) is 4.74 Å². The van der Waals surface area contributed by atoms with Gasteiger partial charge in [-0.3, -0.25) is 15.1 Å². The van der Waals surface area contributed by atoms with E-state index in [1.807, 2.05) is 0 Å². The molecule has 2 rings (SSSR count). The van der Waals surface area contributed by atoms with E-state index in [-0.39, 0.29) is 23.2 Å². The van der Waals surface area contributed by atoms with Crippen molar-refractivity contribution in [1.82, 2.24) is 4.98 Å². The summed E-state index contributed by atoms with van der Waals surface area (Å²) in [7, 11) is 1.69. The van der Waals surface area contributed by atoms with Crippen LogP contribution in [0.4, 0.5) is 11.4 Å². The number of nitrogens with one attached hydrogen (secondary N) is 1. The monoisotopic (exact) mass is 329 g/mol. The molecule has 1 saturated carbocycles. The summed E-state index contributed by atoms with van der Waals surface area (Å²) in [4.78, 5) is 14.4. The van der Waals surface area contributed by atoms with Crippen LogP contribution in [0.25, 0.3) is 0 Å². The first kappa shape index (κ1) is 14.2. The third-order valence-corrected chi connectivity index (χ3v) is 4.46. The number of ether oxygens (including phenoxy) is 1. The maximum Gasteiger partial charge on any atom is 0.311 e. The highest BCUT2D eigenvalue weighted by Gasteiger charge is 2.49. The third-order valence-electron chi connectivity index (χ3n) is 3.86. The van der Waals surface area contributed by atoms with Crippen molar-refractivity contribution in [2.45, 2.75) is 32.4 Å². The minimum Gasteiger partial charge on any atom is -0.381 e. The fraction of sp³-hybridized carbons (Fsp3) is 0.583. The highest BCUT2D eigenvalue weighted by molar-refractivity contribution is 9.10. The van der Waals surface area contributed by atoms with Crippen LogP contribution in [-0.2, 0) is 4.74 Å². The zero-order valence-corrected chi connectivity index (χ0v) is 12.6. The molecule has 6 nitrogen and oxygen atoms in total. The predicted octanol–water partition coefficient (Wildman–Crippen LogP) is 2.98. The summed E-state index contributed by atoms with van der Waals surface area (Å²) in [6, 6.07) is 0.134. The molecule has 1 heterocycles. The maximum absolute atomic E-state index is 11.0.